The first kappa shape index (κ1) is 14.7. The molecular formula is C11H11BrN2O3S. The Labute approximate surface area is 117 Å². The molecule has 0 atom stereocenters. The van der Waals surface area contributed by atoms with Crippen molar-refractivity contribution in [1.29, 1.82) is 0 Å². The molecule has 1 aromatic rings. The van der Waals surface area contributed by atoms with Gasteiger partial charge in [0, 0.05) is 11.4 Å². The normalized spacial score (nSPS) is 11.1. The number of carbonyl (C=O) groups excluding carboxylic acids is 1. The largest absolute Gasteiger partial charge is 0.481 e. The Morgan fingerprint density at radius 3 is 2.50 bits per heavy atom. The predicted molar refractivity (Wildman–Crippen MR) is 76.0 cm³/mol. The highest BCUT2D eigenvalue weighted by Gasteiger charge is 2.09. The van der Waals surface area contributed by atoms with E-state index < -0.39 is 5.97 Å². The number of thioether (sulfide) groups is 1. The van der Waals surface area contributed by atoms with Gasteiger partial charge in [-0.3, -0.25) is 15.0 Å². The van der Waals surface area contributed by atoms with E-state index in [-0.39, 0.29) is 16.6 Å². The lowest BCUT2D eigenvalue weighted by atomic mass is 10.3. The Hall–Kier alpha value is -1.34. The fourth-order valence-corrected chi connectivity index (χ4v) is 1.82. The topological polar surface area (TPSA) is 78.8 Å². The summed E-state index contributed by atoms with van der Waals surface area (Å²) < 4.78 is 0.934. The SMILES string of the molecule is CC(=O)/C(=N/Nc1ccc(Br)cc1)SCC(=O)O. The van der Waals surface area contributed by atoms with Gasteiger partial charge in [0.05, 0.1) is 11.4 Å². The van der Waals surface area contributed by atoms with Crippen molar-refractivity contribution in [1.82, 2.24) is 0 Å². The molecule has 0 aliphatic carbocycles. The van der Waals surface area contributed by atoms with E-state index in [1.165, 1.54) is 6.92 Å². The molecule has 1 rings (SSSR count). The van der Waals surface area contributed by atoms with Crippen LogP contribution in [0, 0.1) is 0 Å². The van der Waals surface area contributed by atoms with Crippen LogP contribution in [0.3, 0.4) is 0 Å². The van der Waals surface area contributed by atoms with Gasteiger partial charge in [0.2, 0.25) is 0 Å². The number of aliphatic carboxylic acids is 1. The number of carboxylic acids is 1. The van der Waals surface area contributed by atoms with Gasteiger partial charge in [-0.25, -0.2) is 0 Å². The summed E-state index contributed by atoms with van der Waals surface area (Å²) in [5, 5.41) is 12.6. The lowest BCUT2D eigenvalue weighted by Gasteiger charge is -2.03. The lowest BCUT2D eigenvalue weighted by molar-refractivity contribution is -0.133. The van der Waals surface area contributed by atoms with Gasteiger partial charge in [-0.15, -0.1) is 0 Å². The molecule has 96 valence electrons. The highest BCUT2D eigenvalue weighted by Crippen LogP contribution is 2.14. The molecule has 0 heterocycles. The molecule has 0 saturated heterocycles. The van der Waals surface area contributed by atoms with Gasteiger partial charge in [0.25, 0.3) is 0 Å². The number of hydrazone groups is 1. The summed E-state index contributed by atoms with van der Waals surface area (Å²) in [6.45, 7) is 1.34. The average Bonchev–Trinajstić information content (AvgIpc) is 2.30. The highest BCUT2D eigenvalue weighted by molar-refractivity contribution is 9.10. The summed E-state index contributed by atoms with van der Waals surface area (Å²) in [4.78, 5) is 21.7. The van der Waals surface area contributed by atoms with Crippen LogP contribution in [0.15, 0.2) is 33.8 Å². The molecule has 0 spiro atoms. The van der Waals surface area contributed by atoms with Crippen molar-refractivity contribution in [2.45, 2.75) is 6.92 Å². The smallest absolute Gasteiger partial charge is 0.313 e. The number of nitrogens with one attached hydrogen (secondary N) is 1. The maximum Gasteiger partial charge on any atom is 0.313 e. The van der Waals surface area contributed by atoms with E-state index in [1.54, 1.807) is 12.1 Å². The summed E-state index contributed by atoms with van der Waals surface area (Å²) >= 11 is 4.19. The molecule has 7 heteroatoms. The maximum atomic E-state index is 11.2. The minimum absolute atomic E-state index is 0.139. The summed E-state index contributed by atoms with van der Waals surface area (Å²) in [6.07, 6.45) is 0. The van der Waals surface area contributed by atoms with Crippen LogP contribution in [0.1, 0.15) is 6.92 Å². The van der Waals surface area contributed by atoms with E-state index in [0.717, 1.165) is 16.2 Å². The van der Waals surface area contributed by atoms with Gasteiger partial charge in [-0.05, 0) is 24.3 Å². The number of benzene rings is 1. The van der Waals surface area contributed by atoms with Crippen LogP contribution in [0.2, 0.25) is 0 Å². The second kappa shape index (κ2) is 7.17. The number of hydrogen-bond acceptors (Lipinski definition) is 5. The molecule has 0 bridgehead atoms. The van der Waals surface area contributed by atoms with Crippen LogP contribution in [0.5, 0.6) is 0 Å². The Balaban J connectivity index is 2.68. The Bertz CT molecular complexity index is 474. The number of Topliss-reactive ketones (excluding diaryl/α,β-unsaturated/α-hetero) is 1. The number of carboxylic acid groups (broad SMARTS) is 1. The molecule has 18 heavy (non-hydrogen) atoms. The minimum atomic E-state index is -0.988. The van der Waals surface area contributed by atoms with Gasteiger partial charge in [0.15, 0.2) is 10.8 Å². The van der Waals surface area contributed by atoms with Crippen LogP contribution < -0.4 is 5.43 Å². The zero-order chi connectivity index (χ0) is 13.5. The van der Waals surface area contributed by atoms with Gasteiger partial charge in [-0.2, -0.15) is 5.10 Å². The zero-order valence-corrected chi connectivity index (χ0v) is 11.9. The molecule has 0 fully saturated rings. The van der Waals surface area contributed by atoms with Crippen molar-refractivity contribution in [2.24, 2.45) is 5.10 Å². The Morgan fingerprint density at radius 2 is 2.00 bits per heavy atom. The van der Waals surface area contributed by atoms with Crippen LogP contribution in [-0.2, 0) is 9.59 Å². The van der Waals surface area contributed by atoms with E-state index in [0.29, 0.717) is 5.69 Å². The lowest BCUT2D eigenvalue weighted by Crippen LogP contribution is -2.11. The molecule has 0 amide bonds. The standard InChI is InChI=1S/C11H11BrN2O3S/c1-7(15)11(18-6-10(16)17)14-13-9-4-2-8(12)3-5-9/h2-5,13H,6H2,1H3,(H,16,17)/b14-11-. The van der Waals surface area contributed by atoms with Crippen molar-refractivity contribution >= 4 is 50.2 Å². The molecule has 0 radical (unpaired) electrons. The average molecular weight is 331 g/mol. The number of halogens is 1. The van der Waals surface area contributed by atoms with E-state index >= 15 is 0 Å². The molecule has 0 aromatic heterocycles. The molecular weight excluding hydrogens is 320 g/mol. The first-order chi connectivity index (χ1) is 8.49. The molecule has 0 saturated carbocycles. The summed E-state index contributed by atoms with van der Waals surface area (Å²) in [5.41, 5.74) is 3.43. The van der Waals surface area contributed by atoms with Crippen LogP contribution >= 0.6 is 27.7 Å². The van der Waals surface area contributed by atoms with Crippen molar-refractivity contribution in [2.75, 3.05) is 11.2 Å². The highest BCUT2D eigenvalue weighted by atomic mass is 79.9. The van der Waals surface area contributed by atoms with E-state index in [2.05, 4.69) is 26.5 Å². The third-order valence-corrected chi connectivity index (χ3v) is 3.34. The second-order valence-electron chi connectivity index (χ2n) is 3.27. The molecule has 0 aliphatic heterocycles. The number of carbonyl (C=O) groups is 2. The van der Waals surface area contributed by atoms with Crippen LogP contribution in [0.25, 0.3) is 0 Å². The Kier molecular flexibility index (Phi) is 5.87. The number of hydrogen-bond donors (Lipinski definition) is 2. The molecule has 2 N–H and O–H groups in total. The minimum Gasteiger partial charge on any atom is -0.481 e. The third-order valence-electron chi connectivity index (χ3n) is 1.76. The first-order valence-electron chi connectivity index (χ1n) is 4.94. The predicted octanol–water partition coefficient (Wildman–Crippen LogP) is 2.58. The van der Waals surface area contributed by atoms with E-state index in [4.69, 9.17) is 5.11 Å². The summed E-state index contributed by atoms with van der Waals surface area (Å²) in [7, 11) is 0. The van der Waals surface area contributed by atoms with E-state index in [9.17, 15) is 9.59 Å². The Morgan fingerprint density at radius 1 is 1.39 bits per heavy atom. The monoisotopic (exact) mass is 330 g/mol. The van der Waals surface area contributed by atoms with Crippen molar-refractivity contribution < 1.29 is 14.7 Å². The molecule has 5 nitrogen and oxygen atoms in total. The van der Waals surface area contributed by atoms with Crippen molar-refractivity contribution in [3.05, 3.63) is 28.7 Å². The number of rotatable bonds is 5. The zero-order valence-electron chi connectivity index (χ0n) is 9.51. The van der Waals surface area contributed by atoms with Gasteiger partial charge >= 0.3 is 5.97 Å². The fourth-order valence-electron chi connectivity index (χ4n) is 0.982. The number of ketones is 1. The van der Waals surface area contributed by atoms with Crippen molar-refractivity contribution in [3.63, 3.8) is 0 Å². The number of nitrogens with zero attached hydrogens (tertiary/aromatic N) is 1. The van der Waals surface area contributed by atoms with Gasteiger partial charge < -0.3 is 5.11 Å². The quantitative estimate of drug-likeness (QED) is 0.493. The van der Waals surface area contributed by atoms with Crippen molar-refractivity contribution in [3.8, 4) is 0 Å². The van der Waals surface area contributed by atoms with E-state index in [1.807, 2.05) is 12.1 Å². The molecule has 0 aliphatic rings. The molecule has 0 unspecified atom stereocenters. The van der Waals surface area contributed by atoms with Crippen LogP contribution in [-0.4, -0.2) is 27.7 Å². The van der Waals surface area contributed by atoms with Gasteiger partial charge in [0.1, 0.15) is 0 Å². The fraction of sp³-hybridized carbons (Fsp3) is 0.182. The summed E-state index contributed by atoms with van der Waals surface area (Å²) in [5.74, 6) is -1.45. The number of anilines is 1. The summed E-state index contributed by atoms with van der Waals surface area (Å²) in [6, 6.07) is 7.23. The first-order valence-corrected chi connectivity index (χ1v) is 6.71. The third kappa shape index (κ3) is 5.33. The molecule has 1 aromatic carbocycles. The maximum absolute atomic E-state index is 11.2. The van der Waals surface area contributed by atoms with Gasteiger partial charge in [-0.1, -0.05) is 27.7 Å². The second-order valence-corrected chi connectivity index (χ2v) is 5.15. The van der Waals surface area contributed by atoms with Crippen LogP contribution in [0.4, 0.5) is 5.69 Å².